The maximum Gasteiger partial charge on any atom is 0.259 e. The molecule has 1 aliphatic rings. The lowest BCUT2D eigenvalue weighted by Gasteiger charge is -2.32. The van der Waals surface area contributed by atoms with Crippen LogP contribution >= 0.6 is 11.6 Å². The molecule has 29 heavy (non-hydrogen) atoms. The minimum absolute atomic E-state index is 0.736. The molecule has 2 heterocycles. The Kier molecular flexibility index (Phi) is 3.57. The Morgan fingerprint density at radius 3 is 2.00 bits per heavy atom. The highest BCUT2D eigenvalue weighted by Crippen LogP contribution is 2.35. The molecule has 138 valence electrons. The topological polar surface area (TPSA) is 17.8 Å². The van der Waals surface area contributed by atoms with E-state index in [9.17, 15) is 0 Å². The molecule has 0 radical (unpaired) electrons. The molecule has 0 spiro atoms. The summed E-state index contributed by atoms with van der Waals surface area (Å²) in [5.41, 5.74) is 3.31. The van der Waals surface area contributed by atoms with Gasteiger partial charge in [0.25, 0.3) is 8.24 Å². The minimum atomic E-state index is -2.57. The zero-order valence-electron chi connectivity index (χ0n) is 15.6. The lowest BCUT2D eigenvalue weighted by atomic mass is 10.2. The average molecular weight is 409 g/mol. The highest BCUT2D eigenvalue weighted by molar-refractivity contribution is 7.12. The lowest BCUT2D eigenvalue weighted by Crippen LogP contribution is -2.70. The Morgan fingerprint density at radius 2 is 1.31 bits per heavy atom. The van der Waals surface area contributed by atoms with Gasteiger partial charge in [-0.05, 0) is 33.8 Å². The van der Waals surface area contributed by atoms with Crippen molar-refractivity contribution in [2.24, 2.45) is 0 Å². The van der Waals surface area contributed by atoms with Gasteiger partial charge in [0.2, 0.25) is 0 Å². The van der Waals surface area contributed by atoms with E-state index in [1.807, 2.05) is 12.1 Å². The van der Waals surface area contributed by atoms with Crippen molar-refractivity contribution < 1.29 is 0 Å². The van der Waals surface area contributed by atoms with Crippen LogP contribution in [-0.4, -0.2) is 17.5 Å². The first-order chi connectivity index (χ1) is 14.3. The van der Waals surface area contributed by atoms with Crippen LogP contribution in [0.5, 0.6) is 0 Å². The second-order valence-electron chi connectivity index (χ2n) is 7.39. The van der Waals surface area contributed by atoms with Gasteiger partial charge in [0, 0.05) is 10.6 Å². The Labute approximate surface area is 175 Å². The molecule has 6 rings (SSSR count). The first kappa shape index (κ1) is 16.8. The van der Waals surface area contributed by atoms with Crippen LogP contribution in [0.25, 0.3) is 22.4 Å². The Balaban J connectivity index is 1.87. The fourth-order valence-corrected chi connectivity index (χ4v) is 9.96. The summed E-state index contributed by atoms with van der Waals surface area (Å²) < 4.78 is 2.50. The maximum absolute atomic E-state index is 6.45. The smallest absolute Gasteiger partial charge is 0.259 e. The van der Waals surface area contributed by atoms with E-state index >= 15 is 0 Å². The van der Waals surface area contributed by atoms with Crippen molar-refractivity contribution in [3.63, 3.8) is 0 Å². The molecule has 0 fully saturated rings. The molecule has 0 amide bonds. The minimum Gasteiger partial charge on any atom is -0.339 e. The van der Waals surface area contributed by atoms with E-state index in [0.717, 1.165) is 21.9 Å². The fraction of sp³-hybridized carbons (Fsp3) is 0. The molecule has 2 nitrogen and oxygen atoms in total. The summed E-state index contributed by atoms with van der Waals surface area (Å²) in [6, 6.07) is 36.5. The van der Waals surface area contributed by atoms with Gasteiger partial charge in [-0.2, -0.15) is 0 Å². The van der Waals surface area contributed by atoms with Crippen molar-refractivity contribution in [2.45, 2.75) is 0 Å². The van der Waals surface area contributed by atoms with E-state index in [0.29, 0.717) is 0 Å². The molecule has 0 saturated heterocycles. The van der Waals surface area contributed by atoms with Gasteiger partial charge in [0.15, 0.2) is 0 Å². The molecule has 4 heteroatoms. The second-order valence-corrected chi connectivity index (χ2v) is 11.4. The summed E-state index contributed by atoms with van der Waals surface area (Å²) in [6.07, 6.45) is 0. The third-order valence-corrected chi connectivity index (χ3v) is 10.8. The van der Waals surface area contributed by atoms with Gasteiger partial charge in [0.1, 0.15) is 5.82 Å². The van der Waals surface area contributed by atoms with Crippen LogP contribution in [0.4, 0.5) is 0 Å². The van der Waals surface area contributed by atoms with Crippen LogP contribution in [0.15, 0.2) is 103 Å². The monoisotopic (exact) mass is 408 g/mol. The summed E-state index contributed by atoms with van der Waals surface area (Å²) in [7, 11) is -2.57. The fourth-order valence-electron chi connectivity index (χ4n) is 4.78. The molecule has 1 aliphatic heterocycles. The van der Waals surface area contributed by atoms with Gasteiger partial charge in [-0.1, -0.05) is 96.5 Å². The van der Waals surface area contributed by atoms with Crippen molar-refractivity contribution in [2.75, 3.05) is 0 Å². The maximum atomic E-state index is 6.45. The average Bonchev–Trinajstić information content (AvgIpc) is 3.28. The Bertz CT molecular complexity index is 1320. The Morgan fingerprint density at radius 1 is 0.690 bits per heavy atom. The number of hydrogen-bond donors (Lipinski definition) is 0. The molecule has 5 aromatic rings. The van der Waals surface area contributed by atoms with Crippen LogP contribution in [0.2, 0.25) is 5.02 Å². The predicted molar refractivity (Wildman–Crippen MR) is 123 cm³/mol. The largest absolute Gasteiger partial charge is 0.339 e. The van der Waals surface area contributed by atoms with Crippen molar-refractivity contribution in [3.05, 3.63) is 108 Å². The lowest BCUT2D eigenvalue weighted by molar-refractivity contribution is 1.23. The molecule has 0 atom stereocenters. The summed E-state index contributed by atoms with van der Waals surface area (Å²) in [6.45, 7) is 0. The van der Waals surface area contributed by atoms with Crippen molar-refractivity contribution in [3.8, 4) is 11.4 Å². The number of hydrogen-bond acceptors (Lipinski definition) is 1. The van der Waals surface area contributed by atoms with Crippen LogP contribution in [0.3, 0.4) is 0 Å². The van der Waals surface area contributed by atoms with Gasteiger partial charge < -0.3 is 4.23 Å². The number of halogens is 1. The highest BCUT2D eigenvalue weighted by Gasteiger charge is 2.50. The van der Waals surface area contributed by atoms with Gasteiger partial charge >= 0.3 is 0 Å². The second kappa shape index (κ2) is 6.18. The number of aromatic nitrogens is 2. The number of imidazole rings is 1. The van der Waals surface area contributed by atoms with Gasteiger partial charge in [0.05, 0.1) is 11.0 Å². The Hall–Kier alpha value is -3.14. The van der Waals surface area contributed by atoms with Crippen LogP contribution < -0.4 is 15.6 Å². The number of nitrogens with zero attached hydrogens (tertiary/aromatic N) is 2. The normalized spacial score (nSPS) is 14.0. The molecule has 0 unspecified atom stereocenters. The molecule has 0 bridgehead atoms. The van der Waals surface area contributed by atoms with Crippen LogP contribution in [-0.2, 0) is 0 Å². The number of fused-ring (bicyclic) bond motifs is 5. The van der Waals surface area contributed by atoms with Gasteiger partial charge in [-0.15, -0.1) is 0 Å². The molecule has 0 aliphatic carbocycles. The quantitative estimate of drug-likeness (QED) is 0.393. The highest BCUT2D eigenvalue weighted by atomic mass is 35.5. The summed E-state index contributed by atoms with van der Waals surface area (Å²) in [5.74, 6) is 1.04. The predicted octanol–water partition coefficient (Wildman–Crippen LogP) is 4.19. The van der Waals surface area contributed by atoms with Crippen LogP contribution in [0.1, 0.15) is 0 Å². The van der Waals surface area contributed by atoms with E-state index in [-0.39, 0.29) is 0 Å². The van der Waals surface area contributed by atoms with Gasteiger partial charge in [-0.25, -0.2) is 4.98 Å². The summed E-state index contributed by atoms with van der Waals surface area (Å²) >= 11 is 6.45. The van der Waals surface area contributed by atoms with E-state index < -0.39 is 8.24 Å². The molecule has 4 aromatic carbocycles. The molecule has 0 N–H and O–H groups in total. The number of benzene rings is 4. The standard InChI is InChI=1S/C25H17ClN2Si/c26-18-15-16-22-23(17-18)28-25(27-22)21-13-7-8-14-24(21)29(28,19-9-3-1-4-10-19)20-11-5-2-6-12-20/h1-17H. The number of rotatable bonds is 2. The SMILES string of the molecule is Clc1ccc2nc3n(c2c1)[Si](c1ccccc1)(c1ccccc1)c1ccccc1-3. The van der Waals surface area contributed by atoms with Gasteiger partial charge in [-0.3, -0.25) is 0 Å². The first-order valence-electron chi connectivity index (χ1n) is 9.69. The van der Waals surface area contributed by atoms with E-state index in [2.05, 4.69) is 95.2 Å². The molecule has 1 aromatic heterocycles. The van der Waals surface area contributed by atoms with Crippen molar-refractivity contribution >= 4 is 46.4 Å². The van der Waals surface area contributed by atoms with Crippen molar-refractivity contribution in [1.82, 2.24) is 9.22 Å². The zero-order chi connectivity index (χ0) is 19.4. The third kappa shape index (κ3) is 2.20. The summed E-state index contributed by atoms with van der Waals surface area (Å²) in [5, 5.41) is 4.80. The molecular formula is C25H17ClN2Si. The summed E-state index contributed by atoms with van der Waals surface area (Å²) in [4.78, 5) is 5.06. The van der Waals surface area contributed by atoms with Crippen LogP contribution in [0, 0.1) is 0 Å². The third-order valence-electron chi connectivity index (χ3n) is 5.89. The van der Waals surface area contributed by atoms with E-state index in [1.165, 1.54) is 21.1 Å². The van der Waals surface area contributed by atoms with E-state index in [4.69, 9.17) is 16.6 Å². The first-order valence-corrected chi connectivity index (χ1v) is 12.0. The van der Waals surface area contributed by atoms with Crippen molar-refractivity contribution in [1.29, 1.82) is 0 Å². The van der Waals surface area contributed by atoms with E-state index in [1.54, 1.807) is 0 Å². The molecular weight excluding hydrogens is 392 g/mol. The zero-order valence-corrected chi connectivity index (χ0v) is 17.3. The molecule has 0 saturated carbocycles.